The van der Waals surface area contributed by atoms with Crippen LogP contribution in [0.1, 0.15) is 18.1 Å². The van der Waals surface area contributed by atoms with Gasteiger partial charge in [-0.3, -0.25) is 14.2 Å². The molecule has 3 rings (SSSR count). The fraction of sp³-hybridized carbons (Fsp3) is 0.267. The van der Waals surface area contributed by atoms with Gasteiger partial charge in [-0.2, -0.15) is 4.98 Å². The lowest BCUT2D eigenvalue weighted by atomic mass is 10.2. The van der Waals surface area contributed by atoms with Crippen molar-refractivity contribution < 1.29 is 9.32 Å². The second kappa shape index (κ2) is 6.39. The van der Waals surface area contributed by atoms with Crippen LogP contribution in [0.2, 0.25) is 0 Å². The largest absolute Gasteiger partial charge is 0.347 e. The molecule has 0 saturated carbocycles. The first-order valence-corrected chi connectivity index (χ1v) is 7.13. The number of fused-ring (bicyclic) bond motifs is 1. The summed E-state index contributed by atoms with van der Waals surface area (Å²) in [5.74, 6) is 0.657. The Kier molecular flexibility index (Phi) is 4.13. The van der Waals surface area contributed by atoms with Crippen LogP contribution in [0.15, 0.2) is 39.9 Å². The summed E-state index contributed by atoms with van der Waals surface area (Å²) in [5, 5.41) is 6.84. The molecular weight excluding hydrogens is 298 g/mol. The van der Waals surface area contributed by atoms with E-state index in [0.29, 0.717) is 22.6 Å². The van der Waals surface area contributed by atoms with Crippen molar-refractivity contribution in [1.29, 1.82) is 0 Å². The lowest BCUT2D eigenvalue weighted by Crippen LogP contribution is -2.27. The standard InChI is InChI=1S/C15H15N5O3/c1-10-18-14(23-19-10)8-16-13(21)6-7-20-9-17-12-5-3-2-4-11(12)15(20)22/h2-5,9H,6-8H2,1H3,(H,16,21). The Bertz CT molecular complexity index is 899. The number of nitrogens with zero attached hydrogens (tertiary/aromatic N) is 4. The van der Waals surface area contributed by atoms with Crippen LogP contribution >= 0.6 is 0 Å². The predicted octanol–water partition coefficient (Wildman–Crippen LogP) is 0.794. The SMILES string of the molecule is Cc1noc(CNC(=O)CCn2cnc3ccccc3c2=O)n1. The normalized spacial score (nSPS) is 10.8. The van der Waals surface area contributed by atoms with Crippen LogP contribution in [-0.4, -0.2) is 25.6 Å². The Morgan fingerprint density at radius 1 is 1.35 bits per heavy atom. The summed E-state index contributed by atoms with van der Waals surface area (Å²) < 4.78 is 6.33. The maximum absolute atomic E-state index is 12.3. The van der Waals surface area contributed by atoms with E-state index in [1.54, 1.807) is 25.1 Å². The van der Waals surface area contributed by atoms with Crippen molar-refractivity contribution in [3.8, 4) is 0 Å². The molecule has 1 amide bonds. The van der Waals surface area contributed by atoms with Crippen LogP contribution in [-0.2, 0) is 17.9 Å². The number of hydrogen-bond donors (Lipinski definition) is 1. The number of nitrogens with one attached hydrogen (secondary N) is 1. The molecule has 0 fully saturated rings. The van der Waals surface area contributed by atoms with E-state index in [0.717, 1.165) is 0 Å². The first kappa shape index (κ1) is 14.9. The molecule has 1 N–H and O–H groups in total. The zero-order chi connectivity index (χ0) is 16.2. The lowest BCUT2D eigenvalue weighted by Gasteiger charge is -2.06. The van der Waals surface area contributed by atoms with E-state index >= 15 is 0 Å². The highest BCUT2D eigenvalue weighted by molar-refractivity contribution is 5.77. The van der Waals surface area contributed by atoms with Crippen LogP contribution in [0.4, 0.5) is 0 Å². The van der Waals surface area contributed by atoms with Gasteiger partial charge in [0.15, 0.2) is 5.82 Å². The summed E-state index contributed by atoms with van der Waals surface area (Å²) in [6.07, 6.45) is 1.62. The first-order valence-electron chi connectivity index (χ1n) is 7.13. The van der Waals surface area contributed by atoms with Gasteiger partial charge < -0.3 is 9.84 Å². The van der Waals surface area contributed by atoms with Gasteiger partial charge in [0.1, 0.15) is 0 Å². The van der Waals surface area contributed by atoms with E-state index in [2.05, 4.69) is 20.4 Å². The summed E-state index contributed by atoms with van der Waals surface area (Å²) >= 11 is 0. The van der Waals surface area contributed by atoms with Gasteiger partial charge in [-0.05, 0) is 19.1 Å². The summed E-state index contributed by atoms with van der Waals surface area (Å²) in [4.78, 5) is 32.3. The van der Waals surface area contributed by atoms with Crippen molar-refractivity contribution in [2.24, 2.45) is 0 Å². The van der Waals surface area contributed by atoms with Crippen LogP contribution in [0.25, 0.3) is 10.9 Å². The second-order valence-corrected chi connectivity index (χ2v) is 5.02. The molecule has 118 valence electrons. The van der Waals surface area contributed by atoms with Gasteiger partial charge in [0, 0.05) is 13.0 Å². The minimum Gasteiger partial charge on any atom is -0.347 e. The van der Waals surface area contributed by atoms with E-state index in [1.807, 2.05) is 6.07 Å². The molecule has 0 aliphatic carbocycles. The molecule has 0 aliphatic heterocycles. The average Bonchev–Trinajstić information content (AvgIpc) is 2.98. The molecule has 0 aliphatic rings. The Morgan fingerprint density at radius 3 is 2.96 bits per heavy atom. The van der Waals surface area contributed by atoms with Crippen molar-refractivity contribution in [2.75, 3.05) is 0 Å². The molecule has 23 heavy (non-hydrogen) atoms. The highest BCUT2D eigenvalue weighted by Gasteiger charge is 2.08. The molecule has 0 radical (unpaired) electrons. The van der Waals surface area contributed by atoms with Crippen LogP contribution in [0, 0.1) is 6.92 Å². The average molecular weight is 313 g/mol. The van der Waals surface area contributed by atoms with Crippen molar-refractivity contribution in [1.82, 2.24) is 25.0 Å². The van der Waals surface area contributed by atoms with Gasteiger partial charge in [-0.25, -0.2) is 4.98 Å². The fourth-order valence-electron chi connectivity index (χ4n) is 2.16. The van der Waals surface area contributed by atoms with E-state index in [4.69, 9.17) is 4.52 Å². The molecule has 2 aromatic heterocycles. The monoisotopic (exact) mass is 313 g/mol. The molecule has 2 heterocycles. The van der Waals surface area contributed by atoms with Gasteiger partial charge in [0.25, 0.3) is 5.56 Å². The number of aromatic nitrogens is 4. The third-order valence-electron chi connectivity index (χ3n) is 3.32. The molecule has 8 heteroatoms. The number of rotatable bonds is 5. The van der Waals surface area contributed by atoms with Gasteiger partial charge in [-0.1, -0.05) is 17.3 Å². The molecule has 0 saturated heterocycles. The van der Waals surface area contributed by atoms with Gasteiger partial charge >= 0.3 is 0 Å². The highest BCUT2D eigenvalue weighted by atomic mass is 16.5. The van der Waals surface area contributed by atoms with E-state index in [1.165, 1.54) is 10.9 Å². The molecule has 8 nitrogen and oxygen atoms in total. The molecule has 0 spiro atoms. The Hall–Kier alpha value is -3.03. The topological polar surface area (TPSA) is 103 Å². The Balaban J connectivity index is 1.60. The maximum atomic E-state index is 12.3. The smallest absolute Gasteiger partial charge is 0.261 e. The molecule has 0 unspecified atom stereocenters. The van der Waals surface area contributed by atoms with Crippen molar-refractivity contribution in [3.63, 3.8) is 0 Å². The number of hydrogen-bond acceptors (Lipinski definition) is 6. The molecule has 0 atom stereocenters. The van der Waals surface area contributed by atoms with E-state index in [9.17, 15) is 9.59 Å². The quantitative estimate of drug-likeness (QED) is 0.747. The zero-order valence-electron chi connectivity index (χ0n) is 12.5. The van der Waals surface area contributed by atoms with E-state index in [-0.39, 0.29) is 31.0 Å². The van der Waals surface area contributed by atoms with Crippen LogP contribution in [0.5, 0.6) is 0 Å². The molecule has 3 aromatic rings. The summed E-state index contributed by atoms with van der Waals surface area (Å²) in [6, 6.07) is 7.11. The third-order valence-corrected chi connectivity index (χ3v) is 3.32. The van der Waals surface area contributed by atoms with E-state index < -0.39 is 0 Å². The number of carbonyl (C=O) groups excluding carboxylic acids is 1. The van der Waals surface area contributed by atoms with Crippen LogP contribution in [0.3, 0.4) is 0 Å². The van der Waals surface area contributed by atoms with Gasteiger partial charge in [-0.15, -0.1) is 0 Å². The van der Waals surface area contributed by atoms with Gasteiger partial charge in [0.05, 0.1) is 23.8 Å². The van der Waals surface area contributed by atoms with Crippen molar-refractivity contribution in [2.45, 2.75) is 26.4 Å². The fourth-order valence-corrected chi connectivity index (χ4v) is 2.16. The minimum absolute atomic E-state index is 0.157. The summed E-state index contributed by atoms with van der Waals surface area (Å²) in [7, 11) is 0. The Labute approximate surface area is 131 Å². The number of para-hydroxylation sites is 1. The molecular formula is C15H15N5O3. The molecule has 1 aromatic carbocycles. The van der Waals surface area contributed by atoms with Gasteiger partial charge in [0.2, 0.25) is 11.8 Å². The summed E-state index contributed by atoms with van der Waals surface area (Å²) in [6.45, 7) is 2.13. The number of carbonyl (C=O) groups is 1. The highest BCUT2D eigenvalue weighted by Crippen LogP contribution is 2.04. The zero-order valence-corrected chi connectivity index (χ0v) is 12.5. The Morgan fingerprint density at radius 2 is 2.17 bits per heavy atom. The number of amides is 1. The van der Waals surface area contributed by atoms with Crippen LogP contribution < -0.4 is 10.9 Å². The summed E-state index contributed by atoms with van der Waals surface area (Å²) in [5.41, 5.74) is 0.487. The lowest BCUT2D eigenvalue weighted by molar-refractivity contribution is -0.121. The minimum atomic E-state index is -0.207. The third kappa shape index (κ3) is 3.42. The maximum Gasteiger partial charge on any atom is 0.261 e. The number of benzene rings is 1. The number of aryl methyl sites for hydroxylation is 2. The first-order chi connectivity index (χ1) is 11.1. The second-order valence-electron chi connectivity index (χ2n) is 5.02. The van der Waals surface area contributed by atoms with Crippen molar-refractivity contribution >= 4 is 16.8 Å². The predicted molar refractivity (Wildman–Crippen MR) is 81.5 cm³/mol. The molecule has 0 bridgehead atoms. The van der Waals surface area contributed by atoms with Crippen molar-refractivity contribution in [3.05, 3.63) is 52.7 Å².